The molecule has 1 aliphatic rings. The minimum absolute atomic E-state index is 0.00126. The zero-order valence-corrected chi connectivity index (χ0v) is 24.2. The molecule has 0 unspecified atom stereocenters. The van der Waals surface area contributed by atoms with Crippen molar-refractivity contribution in [3.63, 3.8) is 0 Å². The molecular weight excluding hydrogens is 559 g/mol. The van der Waals surface area contributed by atoms with Gasteiger partial charge in [-0.05, 0) is 43.3 Å². The highest BCUT2D eigenvalue weighted by Crippen LogP contribution is 2.34. The Hall–Kier alpha value is -3.28. The number of aryl methyl sites for hydroxylation is 1. The van der Waals surface area contributed by atoms with Crippen LogP contribution in [0, 0.1) is 23.6 Å². The van der Waals surface area contributed by atoms with Gasteiger partial charge in [0.15, 0.2) is 5.03 Å². The summed E-state index contributed by atoms with van der Waals surface area (Å²) in [5, 5.41) is 9.70. The van der Waals surface area contributed by atoms with Crippen molar-refractivity contribution in [3.05, 3.63) is 71.9 Å². The number of aliphatic hydroxyl groups excluding tert-OH is 1. The van der Waals surface area contributed by atoms with Crippen molar-refractivity contribution in [2.24, 2.45) is 13.0 Å². The number of aliphatic hydroxyl groups is 1. The molecule has 3 aromatic rings. The third-order valence-electron chi connectivity index (χ3n) is 6.64. The lowest BCUT2D eigenvalue weighted by atomic mass is 10.0. The maximum atomic E-state index is 13.7. The van der Waals surface area contributed by atoms with Gasteiger partial charge in [-0.25, -0.2) is 26.2 Å². The fourth-order valence-electron chi connectivity index (χ4n) is 4.27. The molecule has 40 heavy (non-hydrogen) atoms. The number of nitrogens with zero attached hydrogens (tertiary/aromatic N) is 4. The number of halogens is 1. The largest absolute Gasteiger partial charge is 0.487 e. The number of fused-ring (bicyclic) bond motifs is 1. The maximum Gasteiger partial charge on any atom is 0.261 e. The molecule has 0 bridgehead atoms. The Morgan fingerprint density at radius 3 is 2.55 bits per heavy atom. The summed E-state index contributed by atoms with van der Waals surface area (Å²) in [5.41, 5.74) is 0.859. The van der Waals surface area contributed by atoms with Crippen LogP contribution >= 0.6 is 0 Å². The highest BCUT2D eigenvalue weighted by Gasteiger charge is 2.39. The smallest absolute Gasteiger partial charge is 0.261 e. The van der Waals surface area contributed by atoms with Gasteiger partial charge in [-0.2, -0.15) is 8.61 Å². The van der Waals surface area contributed by atoms with E-state index in [0.717, 1.165) is 4.31 Å². The molecule has 4 rings (SSSR count). The SMILES string of the molecule is C[C@@H]1CN([C@H](C)CO)S(=O)(=O)c2ccc(C#Cc3cccc(F)c3)cc2O[C@@H]1CN(C)S(=O)(=O)c1cn(C)cn1. The van der Waals surface area contributed by atoms with Crippen LogP contribution in [0.2, 0.25) is 0 Å². The topological polar surface area (TPSA) is 122 Å². The Morgan fingerprint density at radius 2 is 1.93 bits per heavy atom. The molecule has 2 aromatic carbocycles. The lowest BCUT2D eigenvalue weighted by Crippen LogP contribution is -2.50. The van der Waals surface area contributed by atoms with Crippen molar-refractivity contribution in [2.45, 2.75) is 35.9 Å². The molecule has 1 aromatic heterocycles. The summed E-state index contributed by atoms with van der Waals surface area (Å²) in [7, 11) is -4.97. The number of benzene rings is 2. The molecule has 0 saturated heterocycles. The standard InChI is InChI=1S/C27H31FN4O6S2/c1-19-14-32(20(2)17-33)39(34,35)26-11-10-22(9-8-21-6-5-7-23(28)12-21)13-24(26)38-25(19)15-31(4)40(36,37)27-16-30(3)18-29-27/h5-7,10-13,16,18-20,25,33H,14-15,17H2,1-4H3/t19-,20-,25-/m1/s1. The van der Waals surface area contributed by atoms with Gasteiger partial charge in [-0.1, -0.05) is 24.8 Å². The van der Waals surface area contributed by atoms with Crippen LogP contribution in [-0.2, 0) is 27.1 Å². The van der Waals surface area contributed by atoms with E-state index in [1.807, 2.05) is 0 Å². The van der Waals surface area contributed by atoms with Crippen molar-refractivity contribution in [3.8, 4) is 17.6 Å². The second-order valence-electron chi connectivity index (χ2n) is 9.82. The Labute approximate surface area is 234 Å². The van der Waals surface area contributed by atoms with Crippen LogP contribution < -0.4 is 4.74 Å². The van der Waals surface area contributed by atoms with Gasteiger partial charge in [0.1, 0.15) is 22.6 Å². The average Bonchev–Trinajstić information content (AvgIpc) is 3.36. The van der Waals surface area contributed by atoms with E-state index >= 15 is 0 Å². The normalized spacial score (nSPS) is 20.0. The van der Waals surface area contributed by atoms with Crippen molar-refractivity contribution < 1.29 is 31.1 Å². The number of hydrogen-bond donors (Lipinski definition) is 1. The molecule has 3 atom stereocenters. The first kappa shape index (κ1) is 29.7. The summed E-state index contributed by atoms with van der Waals surface area (Å²) in [6.07, 6.45) is 2.01. The number of imidazole rings is 1. The predicted octanol–water partition coefficient (Wildman–Crippen LogP) is 2.05. The van der Waals surface area contributed by atoms with Gasteiger partial charge in [0.25, 0.3) is 10.0 Å². The molecule has 214 valence electrons. The molecule has 0 fully saturated rings. The quantitative estimate of drug-likeness (QED) is 0.436. The summed E-state index contributed by atoms with van der Waals surface area (Å²) < 4.78 is 77.3. The average molecular weight is 591 g/mol. The van der Waals surface area contributed by atoms with Crippen LogP contribution in [0.5, 0.6) is 5.75 Å². The van der Waals surface area contributed by atoms with Gasteiger partial charge in [0.05, 0.1) is 19.5 Å². The Kier molecular flexibility index (Phi) is 8.67. The number of sulfonamides is 2. The van der Waals surface area contributed by atoms with Crippen molar-refractivity contribution >= 4 is 20.0 Å². The number of ether oxygens (including phenoxy) is 1. The van der Waals surface area contributed by atoms with Crippen molar-refractivity contribution in [1.82, 2.24) is 18.2 Å². The first-order valence-electron chi connectivity index (χ1n) is 12.5. The van der Waals surface area contributed by atoms with E-state index in [-0.39, 0.29) is 28.8 Å². The first-order chi connectivity index (χ1) is 18.8. The number of likely N-dealkylation sites (N-methyl/N-ethyl adjacent to an activating group) is 1. The first-order valence-corrected chi connectivity index (χ1v) is 15.4. The maximum absolute atomic E-state index is 13.7. The van der Waals surface area contributed by atoms with Gasteiger partial charge in [0, 0.05) is 49.9 Å². The second kappa shape index (κ2) is 11.7. The van der Waals surface area contributed by atoms with Crippen LogP contribution in [-0.4, -0.2) is 79.0 Å². The number of rotatable bonds is 6. The van der Waals surface area contributed by atoms with E-state index in [0.29, 0.717) is 11.1 Å². The molecule has 10 nitrogen and oxygen atoms in total. The van der Waals surface area contributed by atoms with Gasteiger partial charge >= 0.3 is 0 Å². The number of aromatic nitrogens is 2. The molecule has 0 spiro atoms. The summed E-state index contributed by atoms with van der Waals surface area (Å²) in [6.45, 7) is 2.85. The zero-order valence-electron chi connectivity index (χ0n) is 22.5. The predicted molar refractivity (Wildman–Crippen MR) is 146 cm³/mol. The van der Waals surface area contributed by atoms with E-state index in [9.17, 15) is 26.3 Å². The molecule has 2 heterocycles. The summed E-state index contributed by atoms with van der Waals surface area (Å²) >= 11 is 0. The van der Waals surface area contributed by atoms with Gasteiger partial charge < -0.3 is 14.4 Å². The molecule has 0 radical (unpaired) electrons. The highest BCUT2D eigenvalue weighted by molar-refractivity contribution is 7.89. The highest BCUT2D eigenvalue weighted by atomic mass is 32.2. The zero-order chi connectivity index (χ0) is 29.2. The van der Waals surface area contributed by atoms with Gasteiger partial charge in [-0.3, -0.25) is 0 Å². The van der Waals surface area contributed by atoms with Gasteiger partial charge in [-0.15, -0.1) is 0 Å². The van der Waals surface area contributed by atoms with E-state index < -0.39 is 50.5 Å². The van der Waals surface area contributed by atoms with Crippen LogP contribution in [0.15, 0.2) is 64.9 Å². The summed E-state index contributed by atoms with van der Waals surface area (Å²) in [6, 6.07) is 9.40. The fraction of sp³-hybridized carbons (Fsp3) is 0.370. The lowest BCUT2D eigenvalue weighted by molar-refractivity contribution is 0.0904. The molecule has 1 aliphatic heterocycles. The molecule has 0 amide bonds. The molecule has 0 saturated carbocycles. The lowest BCUT2D eigenvalue weighted by Gasteiger charge is -2.37. The van der Waals surface area contributed by atoms with Crippen molar-refractivity contribution in [2.75, 3.05) is 26.7 Å². The van der Waals surface area contributed by atoms with E-state index in [1.54, 1.807) is 27.0 Å². The minimum atomic E-state index is -4.09. The van der Waals surface area contributed by atoms with E-state index in [1.165, 1.54) is 64.8 Å². The number of hydrogen-bond acceptors (Lipinski definition) is 7. The van der Waals surface area contributed by atoms with Crippen LogP contribution in [0.25, 0.3) is 0 Å². The summed E-state index contributed by atoms with van der Waals surface area (Å²) in [4.78, 5) is 3.83. The third-order valence-corrected chi connectivity index (χ3v) is 10.4. The molecule has 1 N–H and O–H groups in total. The molecular formula is C27H31FN4O6S2. The van der Waals surface area contributed by atoms with Gasteiger partial charge in [0.2, 0.25) is 10.0 Å². The minimum Gasteiger partial charge on any atom is -0.487 e. The van der Waals surface area contributed by atoms with Crippen LogP contribution in [0.3, 0.4) is 0 Å². The summed E-state index contributed by atoms with van der Waals surface area (Å²) in [5.74, 6) is 4.85. The van der Waals surface area contributed by atoms with Crippen LogP contribution in [0.1, 0.15) is 25.0 Å². The third kappa shape index (κ3) is 6.21. The van der Waals surface area contributed by atoms with E-state index in [2.05, 4.69) is 16.8 Å². The monoisotopic (exact) mass is 590 g/mol. The fourth-order valence-corrected chi connectivity index (χ4v) is 7.23. The van der Waals surface area contributed by atoms with Crippen molar-refractivity contribution in [1.29, 1.82) is 0 Å². The Bertz CT molecular complexity index is 1660. The van der Waals surface area contributed by atoms with Crippen LogP contribution in [0.4, 0.5) is 4.39 Å². The molecule has 13 heteroatoms. The van der Waals surface area contributed by atoms with E-state index in [4.69, 9.17) is 4.74 Å². The second-order valence-corrected chi connectivity index (χ2v) is 13.7. The Morgan fingerprint density at radius 1 is 1.23 bits per heavy atom. The molecule has 0 aliphatic carbocycles. The Balaban J connectivity index is 1.75.